The van der Waals surface area contributed by atoms with Crippen molar-refractivity contribution in [3.05, 3.63) is 106 Å². The molecule has 192 valence electrons. The lowest BCUT2D eigenvalue weighted by Crippen LogP contribution is -2.49. The first kappa shape index (κ1) is 26.0. The quantitative estimate of drug-likeness (QED) is 0.316. The molecule has 1 aliphatic rings. The lowest BCUT2D eigenvalue weighted by molar-refractivity contribution is -0.137. The van der Waals surface area contributed by atoms with Gasteiger partial charge in [-0.2, -0.15) is 18.4 Å². The molecule has 0 fully saturated rings. The van der Waals surface area contributed by atoms with E-state index in [1.54, 1.807) is 12.1 Å². The predicted molar refractivity (Wildman–Crippen MR) is 126 cm³/mol. The van der Waals surface area contributed by atoms with Crippen molar-refractivity contribution in [3.63, 3.8) is 0 Å². The van der Waals surface area contributed by atoms with Crippen molar-refractivity contribution in [2.24, 2.45) is 0 Å². The van der Waals surface area contributed by atoms with Crippen molar-refractivity contribution < 1.29 is 31.9 Å². The molecule has 0 radical (unpaired) electrons. The summed E-state index contributed by atoms with van der Waals surface area (Å²) in [6.07, 6.45) is -3.60. The van der Waals surface area contributed by atoms with E-state index >= 15 is 0 Å². The van der Waals surface area contributed by atoms with Gasteiger partial charge in [0, 0.05) is 11.4 Å². The van der Waals surface area contributed by atoms with Gasteiger partial charge in [-0.3, -0.25) is 4.90 Å². The van der Waals surface area contributed by atoms with Gasteiger partial charge in [0.05, 0.1) is 43.5 Å². The highest BCUT2D eigenvalue weighted by Crippen LogP contribution is 2.42. The Balaban J connectivity index is 1.87. The summed E-state index contributed by atoms with van der Waals surface area (Å²) >= 11 is 0. The van der Waals surface area contributed by atoms with Gasteiger partial charge in [-0.1, -0.05) is 18.2 Å². The van der Waals surface area contributed by atoms with Gasteiger partial charge in [0.2, 0.25) is 11.6 Å². The molecule has 4 rings (SSSR count). The molecule has 0 N–H and O–H groups in total. The van der Waals surface area contributed by atoms with Crippen molar-refractivity contribution in [1.82, 2.24) is 9.88 Å². The molecule has 1 atom stereocenters. The minimum atomic E-state index is -4.65. The molecular weight excluding hydrogens is 503 g/mol. The number of oxazole rings is 1. The fourth-order valence-corrected chi connectivity index (χ4v) is 4.07. The summed E-state index contributed by atoms with van der Waals surface area (Å²) in [4.78, 5) is 35.6. The minimum Gasteiger partial charge on any atom is -0.464 e. The monoisotopic (exact) mass is 521 g/mol. The lowest BCUT2D eigenvalue weighted by atomic mass is 9.97. The van der Waals surface area contributed by atoms with E-state index in [2.05, 4.69) is 14.6 Å². The second kappa shape index (κ2) is 10.1. The molecule has 38 heavy (non-hydrogen) atoms. The summed E-state index contributed by atoms with van der Waals surface area (Å²) in [6.45, 7) is 9.01. The van der Waals surface area contributed by atoms with Crippen molar-refractivity contribution in [1.29, 1.82) is 5.26 Å². The Morgan fingerprint density at radius 3 is 2.58 bits per heavy atom. The second-order valence-electron chi connectivity index (χ2n) is 8.13. The first-order valence-corrected chi connectivity index (χ1v) is 11.0. The van der Waals surface area contributed by atoms with Gasteiger partial charge in [0.25, 0.3) is 0 Å². The minimum absolute atomic E-state index is 0.0615. The van der Waals surface area contributed by atoms with Crippen molar-refractivity contribution in [2.45, 2.75) is 25.7 Å². The van der Waals surface area contributed by atoms with Crippen LogP contribution in [0, 0.1) is 17.9 Å². The third-order valence-electron chi connectivity index (χ3n) is 5.87. The van der Waals surface area contributed by atoms with E-state index in [0.717, 1.165) is 30.4 Å². The Bertz CT molecular complexity index is 1510. The number of allylic oxidation sites excluding steroid dienone is 1. The second-order valence-corrected chi connectivity index (χ2v) is 8.13. The Kier molecular flexibility index (Phi) is 6.91. The summed E-state index contributed by atoms with van der Waals surface area (Å²) < 4.78 is 50.2. The van der Waals surface area contributed by atoms with Crippen LogP contribution in [0.3, 0.4) is 0 Å². The zero-order valence-electron chi connectivity index (χ0n) is 20.0. The highest BCUT2D eigenvalue weighted by atomic mass is 19.4. The normalized spacial score (nSPS) is 15.8. The van der Waals surface area contributed by atoms with Crippen LogP contribution in [-0.2, 0) is 17.5 Å². The van der Waals surface area contributed by atoms with E-state index in [0.29, 0.717) is 11.1 Å². The third-order valence-corrected chi connectivity index (χ3v) is 5.87. The molecule has 3 aromatic rings. The molecule has 12 heteroatoms. The number of ether oxygens (including phenoxy) is 1. The summed E-state index contributed by atoms with van der Waals surface area (Å²) in [5, 5.41) is 9.16. The number of carbonyl (C=O) groups is 2. The van der Waals surface area contributed by atoms with Gasteiger partial charge in [-0.15, -0.1) is 0 Å². The standard InChI is InChI=1S/C26H18F3N5O4/c1-15-22(31-2)23(17-9-7-16(12-30)8-10-17)33(13-21-32-20(14-38-21)24(35)37-3)25(36)34(15)19-6-4-5-18(11-19)26(27,28)29/h4-11,14,23H,13H2,1,3H3. The maximum atomic E-state index is 13.9. The smallest absolute Gasteiger partial charge is 0.416 e. The molecule has 0 saturated carbocycles. The average Bonchev–Trinajstić information content (AvgIpc) is 3.38. The molecule has 2 amide bonds. The number of anilines is 1. The van der Waals surface area contributed by atoms with E-state index in [9.17, 15) is 22.8 Å². The lowest BCUT2D eigenvalue weighted by Gasteiger charge is -2.41. The van der Waals surface area contributed by atoms with Crippen LogP contribution in [0.4, 0.5) is 23.7 Å². The number of hydrogen-bond acceptors (Lipinski definition) is 6. The Labute approximate surface area is 214 Å². The fraction of sp³-hybridized carbons (Fsp3) is 0.192. The first-order chi connectivity index (χ1) is 18.1. The SMILES string of the molecule is [C-]#[N+]C1=C(C)N(c2cccc(C(F)(F)F)c2)C(=O)N(Cc2nc(C(=O)OC)co2)C1c1ccc(C#N)cc1. The molecule has 1 aromatic heterocycles. The molecule has 0 aliphatic carbocycles. The van der Waals surface area contributed by atoms with E-state index in [4.69, 9.17) is 16.3 Å². The molecule has 1 unspecified atom stereocenters. The number of alkyl halides is 3. The van der Waals surface area contributed by atoms with Crippen LogP contribution in [0.25, 0.3) is 4.85 Å². The van der Waals surface area contributed by atoms with E-state index < -0.39 is 29.8 Å². The number of aromatic nitrogens is 1. The van der Waals surface area contributed by atoms with Crippen LogP contribution in [-0.4, -0.2) is 29.0 Å². The zero-order chi connectivity index (χ0) is 27.6. The highest BCUT2D eigenvalue weighted by Gasteiger charge is 2.42. The number of carbonyl (C=O) groups excluding carboxylic acids is 2. The molecule has 0 spiro atoms. The summed E-state index contributed by atoms with van der Waals surface area (Å²) in [5.74, 6) is -0.831. The average molecular weight is 521 g/mol. The van der Waals surface area contributed by atoms with Gasteiger partial charge < -0.3 is 14.1 Å². The summed E-state index contributed by atoms with van der Waals surface area (Å²) in [7, 11) is 1.16. The van der Waals surface area contributed by atoms with E-state index in [-0.39, 0.29) is 35.2 Å². The van der Waals surface area contributed by atoms with Crippen molar-refractivity contribution >= 4 is 17.7 Å². The summed E-state index contributed by atoms with van der Waals surface area (Å²) in [5.41, 5.74) is -0.164. The Hall–Kier alpha value is -5.10. The predicted octanol–water partition coefficient (Wildman–Crippen LogP) is 5.69. The fourth-order valence-electron chi connectivity index (χ4n) is 4.07. The molecule has 0 bridgehead atoms. The van der Waals surface area contributed by atoms with Crippen LogP contribution in [0.5, 0.6) is 0 Å². The number of urea groups is 1. The maximum absolute atomic E-state index is 13.9. The van der Waals surface area contributed by atoms with Crippen molar-refractivity contribution in [3.8, 4) is 6.07 Å². The third kappa shape index (κ3) is 4.80. The van der Waals surface area contributed by atoms with Gasteiger partial charge >= 0.3 is 18.2 Å². The molecule has 1 aliphatic heterocycles. The number of halogens is 3. The first-order valence-electron chi connectivity index (χ1n) is 11.0. The molecule has 9 nitrogen and oxygen atoms in total. The summed E-state index contributed by atoms with van der Waals surface area (Å²) in [6, 6.07) is 10.7. The number of nitrogens with zero attached hydrogens (tertiary/aromatic N) is 5. The van der Waals surface area contributed by atoms with Gasteiger partial charge in [-0.25, -0.2) is 19.4 Å². The number of hydrogen-bond donors (Lipinski definition) is 0. The van der Waals surface area contributed by atoms with Gasteiger partial charge in [0.15, 0.2) is 5.69 Å². The van der Waals surface area contributed by atoms with E-state index in [1.165, 1.54) is 36.1 Å². The number of esters is 1. The van der Waals surface area contributed by atoms with Crippen LogP contribution in [0.2, 0.25) is 0 Å². The van der Waals surface area contributed by atoms with Crippen LogP contribution in [0.1, 0.15) is 46.0 Å². The number of methoxy groups -OCH3 is 1. The van der Waals surface area contributed by atoms with Gasteiger partial charge in [0.1, 0.15) is 6.26 Å². The maximum Gasteiger partial charge on any atom is 0.416 e. The molecular formula is C26H18F3N5O4. The number of rotatable bonds is 5. The molecule has 2 heterocycles. The Morgan fingerprint density at radius 1 is 1.26 bits per heavy atom. The zero-order valence-corrected chi connectivity index (χ0v) is 20.0. The van der Waals surface area contributed by atoms with E-state index in [1.807, 2.05) is 6.07 Å². The highest BCUT2D eigenvalue weighted by molar-refractivity contribution is 5.97. The van der Waals surface area contributed by atoms with Crippen LogP contribution < -0.4 is 4.90 Å². The van der Waals surface area contributed by atoms with Crippen LogP contribution in [0.15, 0.2) is 70.6 Å². The number of benzene rings is 2. The Morgan fingerprint density at radius 2 is 1.97 bits per heavy atom. The molecule has 0 saturated heterocycles. The van der Waals surface area contributed by atoms with Gasteiger partial charge in [-0.05, 0) is 42.8 Å². The number of nitriles is 1. The van der Waals surface area contributed by atoms with Crippen molar-refractivity contribution in [2.75, 3.05) is 12.0 Å². The topological polar surface area (TPSA) is 104 Å². The van der Waals surface area contributed by atoms with Crippen LogP contribution >= 0.6 is 0 Å². The molecule has 2 aromatic carbocycles. The number of amides is 2. The largest absolute Gasteiger partial charge is 0.464 e.